The summed E-state index contributed by atoms with van der Waals surface area (Å²) in [5.74, 6) is -0.0431. The Morgan fingerprint density at radius 3 is 2.27 bits per heavy atom. The molecule has 6 N–H and O–H groups in total. The van der Waals surface area contributed by atoms with Crippen molar-refractivity contribution in [2.24, 2.45) is 17.2 Å². The van der Waals surface area contributed by atoms with Crippen LogP contribution in [0, 0.1) is 0 Å². The molecule has 0 radical (unpaired) electrons. The molecule has 136 valence electrons. The number of hydrogen-bond donors (Lipinski definition) is 3. The molecule has 0 bridgehead atoms. The lowest BCUT2D eigenvalue weighted by Crippen LogP contribution is -2.11. The Labute approximate surface area is 152 Å². The second-order valence-electron chi connectivity index (χ2n) is 5.65. The molecule has 2 rings (SSSR count). The van der Waals surface area contributed by atoms with Crippen molar-refractivity contribution >= 4 is 17.3 Å². The number of carbonyl (C=O) groups is 1. The van der Waals surface area contributed by atoms with Gasteiger partial charge >= 0.3 is 0 Å². The molecule has 0 atom stereocenters. The van der Waals surface area contributed by atoms with E-state index in [1.807, 2.05) is 0 Å². The third-order valence-corrected chi connectivity index (χ3v) is 3.77. The van der Waals surface area contributed by atoms with Gasteiger partial charge in [0.05, 0.1) is 5.70 Å². The van der Waals surface area contributed by atoms with E-state index in [0.29, 0.717) is 35.8 Å². The molecule has 1 heterocycles. The molecular formula is C19H23N5O2. The first-order valence-corrected chi connectivity index (χ1v) is 8.15. The summed E-state index contributed by atoms with van der Waals surface area (Å²) in [7, 11) is 1.65. The van der Waals surface area contributed by atoms with Gasteiger partial charge in [-0.15, -0.1) is 0 Å². The quantitative estimate of drug-likeness (QED) is 0.489. The summed E-state index contributed by atoms with van der Waals surface area (Å²) in [4.78, 5) is 19.5. The van der Waals surface area contributed by atoms with E-state index in [-0.39, 0.29) is 0 Å². The summed E-state index contributed by atoms with van der Waals surface area (Å²) in [5.41, 5.74) is 20.8. The zero-order valence-electron chi connectivity index (χ0n) is 14.7. The lowest BCUT2D eigenvalue weighted by molar-refractivity contribution is 0.100. The molecular weight excluding hydrogens is 330 g/mol. The molecule has 1 aromatic carbocycles. The maximum absolute atomic E-state index is 11.2. The molecule has 0 fully saturated rings. The molecule has 1 amide bonds. The van der Waals surface area contributed by atoms with Crippen LogP contribution >= 0.6 is 0 Å². The topological polar surface area (TPSA) is 130 Å². The molecule has 0 unspecified atom stereocenters. The van der Waals surface area contributed by atoms with Crippen LogP contribution in [-0.4, -0.2) is 29.6 Å². The molecule has 7 nitrogen and oxygen atoms in total. The minimum atomic E-state index is -0.482. The van der Waals surface area contributed by atoms with Crippen LogP contribution in [0.25, 0.3) is 11.4 Å². The van der Waals surface area contributed by atoms with Gasteiger partial charge in [-0.25, -0.2) is 9.97 Å². The van der Waals surface area contributed by atoms with Crippen LogP contribution in [0.4, 0.5) is 0 Å². The van der Waals surface area contributed by atoms with Gasteiger partial charge in [-0.2, -0.15) is 0 Å². The standard InChI is InChI=1S/C19H23N5O2/c1-26-11-2-4-15(12-16(20)19-23-9-3-10-24-19)17(21)13-5-7-14(8-6-13)18(22)25/h3,5-10,12H,2,4,11,20-21H2,1H3,(H2,22,25)/b16-12-,17-15-. The van der Waals surface area contributed by atoms with E-state index in [0.717, 1.165) is 17.6 Å². The van der Waals surface area contributed by atoms with Gasteiger partial charge in [0.2, 0.25) is 5.91 Å². The van der Waals surface area contributed by atoms with Crippen molar-refractivity contribution in [3.63, 3.8) is 0 Å². The Morgan fingerprint density at radius 1 is 1.08 bits per heavy atom. The van der Waals surface area contributed by atoms with E-state index in [2.05, 4.69) is 9.97 Å². The van der Waals surface area contributed by atoms with Gasteiger partial charge in [-0.3, -0.25) is 4.79 Å². The zero-order chi connectivity index (χ0) is 18.9. The summed E-state index contributed by atoms with van der Waals surface area (Å²) in [6.07, 6.45) is 6.49. The predicted molar refractivity (Wildman–Crippen MR) is 101 cm³/mol. The number of methoxy groups -OCH3 is 1. The zero-order valence-corrected chi connectivity index (χ0v) is 14.7. The summed E-state index contributed by atoms with van der Waals surface area (Å²) < 4.78 is 5.12. The second-order valence-corrected chi connectivity index (χ2v) is 5.65. The molecule has 0 aliphatic carbocycles. The minimum absolute atomic E-state index is 0.426. The van der Waals surface area contributed by atoms with Crippen LogP contribution < -0.4 is 17.2 Å². The van der Waals surface area contributed by atoms with Gasteiger partial charge in [0.1, 0.15) is 0 Å². The molecule has 26 heavy (non-hydrogen) atoms. The minimum Gasteiger partial charge on any atom is -0.398 e. The molecule has 1 aromatic heterocycles. The van der Waals surface area contributed by atoms with Gasteiger partial charge in [0.15, 0.2) is 5.82 Å². The molecule has 0 aliphatic heterocycles. The SMILES string of the molecule is COCCCC(/C=C(\N)c1ncccn1)=C(/N)c1ccc(C(N)=O)cc1. The number of primary amides is 1. The van der Waals surface area contributed by atoms with Gasteiger partial charge in [-0.1, -0.05) is 12.1 Å². The van der Waals surface area contributed by atoms with Crippen molar-refractivity contribution in [1.82, 2.24) is 9.97 Å². The number of benzene rings is 1. The van der Waals surface area contributed by atoms with Crippen LogP contribution in [0.15, 0.2) is 54.4 Å². The third-order valence-electron chi connectivity index (χ3n) is 3.77. The van der Waals surface area contributed by atoms with Gasteiger partial charge in [0.25, 0.3) is 0 Å². The van der Waals surface area contributed by atoms with Crippen LogP contribution in [0.1, 0.15) is 34.6 Å². The molecule has 0 saturated carbocycles. The Bertz CT molecular complexity index is 798. The highest BCUT2D eigenvalue weighted by Gasteiger charge is 2.08. The van der Waals surface area contributed by atoms with E-state index < -0.39 is 5.91 Å². The average molecular weight is 353 g/mol. The first-order chi connectivity index (χ1) is 12.5. The second kappa shape index (κ2) is 9.33. The summed E-state index contributed by atoms with van der Waals surface area (Å²) in [6.45, 7) is 0.604. The number of nitrogens with two attached hydrogens (primary N) is 3. The predicted octanol–water partition coefficient (Wildman–Crippen LogP) is 1.67. The fourth-order valence-electron chi connectivity index (χ4n) is 2.39. The monoisotopic (exact) mass is 353 g/mol. The smallest absolute Gasteiger partial charge is 0.248 e. The Kier molecular flexibility index (Phi) is 6.87. The van der Waals surface area contributed by atoms with Crippen molar-refractivity contribution in [3.05, 3.63) is 71.3 Å². The van der Waals surface area contributed by atoms with Gasteiger partial charge in [-0.05, 0) is 48.3 Å². The number of amides is 1. The number of nitrogens with zero attached hydrogens (tertiary/aromatic N) is 2. The number of rotatable bonds is 8. The molecule has 2 aromatic rings. The number of hydrogen-bond acceptors (Lipinski definition) is 6. The lowest BCUT2D eigenvalue weighted by atomic mass is 10.0. The van der Waals surface area contributed by atoms with Crippen LogP contribution in [0.2, 0.25) is 0 Å². The lowest BCUT2D eigenvalue weighted by Gasteiger charge is -2.11. The fraction of sp³-hybridized carbons (Fsp3) is 0.211. The molecule has 0 saturated heterocycles. The molecule has 0 aliphatic rings. The number of aromatic nitrogens is 2. The van der Waals surface area contributed by atoms with Gasteiger partial charge < -0.3 is 21.9 Å². The van der Waals surface area contributed by atoms with Crippen LogP contribution in [-0.2, 0) is 4.74 Å². The number of carbonyl (C=O) groups excluding carboxylic acids is 1. The van der Waals surface area contributed by atoms with E-state index in [4.69, 9.17) is 21.9 Å². The maximum Gasteiger partial charge on any atom is 0.248 e. The summed E-state index contributed by atoms with van der Waals surface area (Å²) in [6, 6.07) is 8.53. The van der Waals surface area contributed by atoms with E-state index in [1.54, 1.807) is 55.9 Å². The Balaban J connectivity index is 2.38. The van der Waals surface area contributed by atoms with Crippen molar-refractivity contribution < 1.29 is 9.53 Å². The average Bonchev–Trinajstić information content (AvgIpc) is 2.67. The Hall–Kier alpha value is -3.19. The molecule has 0 spiro atoms. The largest absolute Gasteiger partial charge is 0.398 e. The Morgan fingerprint density at radius 2 is 1.69 bits per heavy atom. The highest BCUT2D eigenvalue weighted by molar-refractivity contribution is 5.93. The van der Waals surface area contributed by atoms with Crippen LogP contribution in [0.3, 0.4) is 0 Å². The normalized spacial score (nSPS) is 12.6. The van der Waals surface area contributed by atoms with Crippen molar-refractivity contribution in [2.45, 2.75) is 12.8 Å². The van der Waals surface area contributed by atoms with Crippen LogP contribution in [0.5, 0.6) is 0 Å². The summed E-state index contributed by atoms with van der Waals surface area (Å²) in [5, 5.41) is 0. The van der Waals surface area contributed by atoms with E-state index in [1.165, 1.54) is 0 Å². The highest BCUT2D eigenvalue weighted by atomic mass is 16.5. The fourth-order valence-corrected chi connectivity index (χ4v) is 2.39. The first-order valence-electron chi connectivity index (χ1n) is 8.15. The van der Waals surface area contributed by atoms with Crippen molar-refractivity contribution in [2.75, 3.05) is 13.7 Å². The van der Waals surface area contributed by atoms with E-state index in [9.17, 15) is 4.79 Å². The summed E-state index contributed by atoms with van der Waals surface area (Å²) >= 11 is 0. The third kappa shape index (κ3) is 5.15. The number of allylic oxidation sites excluding steroid dienone is 2. The van der Waals surface area contributed by atoms with Gasteiger partial charge in [0, 0.05) is 37.4 Å². The van der Waals surface area contributed by atoms with Crippen molar-refractivity contribution in [3.8, 4) is 0 Å². The first kappa shape index (κ1) is 19.1. The highest BCUT2D eigenvalue weighted by Crippen LogP contribution is 2.21. The molecule has 7 heteroatoms. The maximum atomic E-state index is 11.2. The van der Waals surface area contributed by atoms with E-state index >= 15 is 0 Å². The van der Waals surface area contributed by atoms with Crippen molar-refractivity contribution in [1.29, 1.82) is 0 Å². The number of ether oxygens (including phenoxy) is 1.